The highest BCUT2D eigenvalue weighted by molar-refractivity contribution is 9.10. The van der Waals surface area contributed by atoms with Crippen LogP contribution in [-0.4, -0.2) is 54.6 Å². The monoisotopic (exact) mass is 353 g/mol. The number of hydrogen-bond acceptors (Lipinski definition) is 3. The van der Waals surface area contributed by atoms with E-state index < -0.39 is 0 Å². The molecular weight excluding hydrogens is 326 g/mol. The van der Waals surface area contributed by atoms with Gasteiger partial charge < -0.3 is 10.6 Å². The lowest BCUT2D eigenvalue weighted by atomic mass is 9.89. The van der Waals surface area contributed by atoms with Gasteiger partial charge in [0, 0.05) is 42.2 Å². The van der Waals surface area contributed by atoms with Gasteiger partial charge in [0.25, 0.3) is 0 Å². The second-order valence-corrected chi connectivity index (χ2v) is 7.41. The normalized spacial score (nSPS) is 24.0. The minimum atomic E-state index is 0.0442. The Balaban J connectivity index is 2.11. The largest absolute Gasteiger partial charge is 0.329 e. The van der Waals surface area contributed by atoms with Crippen LogP contribution < -0.4 is 5.73 Å². The van der Waals surface area contributed by atoms with Crippen molar-refractivity contribution in [2.24, 2.45) is 5.73 Å². The molecular formula is C17H28BrN3. The number of nitrogens with zero attached hydrogens (tertiary/aromatic N) is 2. The molecule has 0 aromatic heterocycles. The fourth-order valence-electron chi connectivity index (χ4n) is 3.23. The summed E-state index contributed by atoms with van der Waals surface area (Å²) in [5.74, 6) is 0. The first-order valence-electron chi connectivity index (χ1n) is 7.88. The zero-order valence-corrected chi connectivity index (χ0v) is 15.1. The first-order valence-corrected chi connectivity index (χ1v) is 8.67. The quantitative estimate of drug-likeness (QED) is 0.883. The van der Waals surface area contributed by atoms with Crippen LogP contribution in [-0.2, 0) is 6.42 Å². The molecule has 1 aliphatic heterocycles. The summed E-state index contributed by atoms with van der Waals surface area (Å²) in [4.78, 5) is 5.08. The van der Waals surface area contributed by atoms with Gasteiger partial charge in [-0.25, -0.2) is 0 Å². The molecule has 2 atom stereocenters. The minimum Gasteiger partial charge on any atom is -0.329 e. The highest BCUT2D eigenvalue weighted by Crippen LogP contribution is 2.25. The van der Waals surface area contributed by atoms with Crippen LogP contribution in [0.3, 0.4) is 0 Å². The third kappa shape index (κ3) is 4.07. The lowest BCUT2D eigenvalue weighted by molar-refractivity contribution is 0.0207. The van der Waals surface area contributed by atoms with E-state index in [9.17, 15) is 0 Å². The Kier molecular flexibility index (Phi) is 5.83. The van der Waals surface area contributed by atoms with Gasteiger partial charge in [0.15, 0.2) is 0 Å². The van der Waals surface area contributed by atoms with E-state index in [0.29, 0.717) is 12.6 Å². The van der Waals surface area contributed by atoms with Crippen molar-refractivity contribution >= 4 is 15.9 Å². The number of hydrogen-bond donors (Lipinski definition) is 1. The van der Waals surface area contributed by atoms with Gasteiger partial charge in [-0.1, -0.05) is 35.0 Å². The molecule has 0 aliphatic carbocycles. The van der Waals surface area contributed by atoms with E-state index in [1.165, 1.54) is 12.0 Å². The summed E-state index contributed by atoms with van der Waals surface area (Å²) in [6, 6.07) is 9.28. The summed E-state index contributed by atoms with van der Waals surface area (Å²) >= 11 is 3.50. The molecule has 1 heterocycles. The maximum absolute atomic E-state index is 6.17. The Labute approximate surface area is 137 Å². The topological polar surface area (TPSA) is 32.5 Å². The van der Waals surface area contributed by atoms with Gasteiger partial charge in [-0.15, -0.1) is 0 Å². The molecule has 1 aliphatic rings. The van der Waals surface area contributed by atoms with Gasteiger partial charge in [-0.2, -0.15) is 0 Å². The van der Waals surface area contributed by atoms with Gasteiger partial charge in [0.05, 0.1) is 0 Å². The predicted molar refractivity (Wildman–Crippen MR) is 93.6 cm³/mol. The van der Waals surface area contributed by atoms with E-state index >= 15 is 0 Å². The first kappa shape index (κ1) is 16.9. The van der Waals surface area contributed by atoms with E-state index in [1.807, 2.05) is 0 Å². The first-order chi connectivity index (χ1) is 9.98. The number of nitrogens with two attached hydrogens (primary N) is 1. The van der Waals surface area contributed by atoms with Gasteiger partial charge in [-0.05, 0) is 44.5 Å². The molecule has 3 nitrogen and oxygen atoms in total. The molecule has 4 heteroatoms. The molecule has 2 unspecified atom stereocenters. The summed E-state index contributed by atoms with van der Waals surface area (Å²) < 4.78 is 1.13. The second-order valence-electron chi connectivity index (χ2n) is 6.49. The van der Waals surface area contributed by atoms with Crippen molar-refractivity contribution in [3.8, 4) is 0 Å². The zero-order chi connectivity index (χ0) is 15.5. The minimum absolute atomic E-state index is 0.0442. The Morgan fingerprint density at radius 3 is 2.52 bits per heavy atom. The van der Waals surface area contributed by atoms with E-state index in [-0.39, 0.29) is 5.54 Å². The van der Waals surface area contributed by atoms with Crippen molar-refractivity contribution in [3.05, 3.63) is 34.3 Å². The molecule has 1 aromatic carbocycles. The molecule has 0 radical (unpaired) electrons. The molecule has 2 rings (SSSR count). The van der Waals surface area contributed by atoms with Gasteiger partial charge in [0.1, 0.15) is 0 Å². The molecule has 1 fully saturated rings. The fraction of sp³-hybridized carbons (Fsp3) is 0.647. The van der Waals surface area contributed by atoms with Crippen molar-refractivity contribution < 1.29 is 0 Å². The number of likely N-dealkylation sites (N-methyl/N-ethyl adjacent to an activating group) is 1. The van der Waals surface area contributed by atoms with E-state index in [0.717, 1.165) is 30.5 Å². The van der Waals surface area contributed by atoms with Crippen molar-refractivity contribution in [1.29, 1.82) is 0 Å². The molecule has 0 spiro atoms. The number of rotatable bonds is 5. The number of piperazine rings is 1. The molecule has 1 aromatic rings. The third-order valence-corrected chi connectivity index (χ3v) is 5.48. The van der Waals surface area contributed by atoms with Crippen molar-refractivity contribution in [2.45, 2.75) is 38.3 Å². The van der Waals surface area contributed by atoms with E-state index in [2.05, 4.69) is 70.9 Å². The molecule has 21 heavy (non-hydrogen) atoms. The summed E-state index contributed by atoms with van der Waals surface area (Å²) in [6.07, 6.45) is 2.21. The average Bonchev–Trinajstić information content (AvgIpc) is 2.50. The maximum atomic E-state index is 6.17. The number of benzene rings is 1. The maximum Gasteiger partial charge on any atom is 0.0345 e. The molecule has 118 valence electrons. The van der Waals surface area contributed by atoms with Crippen LogP contribution in [0, 0.1) is 0 Å². The van der Waals surface area contributed by atoms with E-state index in [4.69, 9.17) is 5.73 Å². The predicted octanol–water partition coefficient (Wildman–Crippen LogP) is 2.74. The van der Waals surface area contributed by atoms with E-state index in [1.54, 1.807) is 0 Å². The van der Waals surface area contributed by atoms with Crippen molar-refractivity contribution in [1.82, 2.24) is 9.80 Å². The van der Waals surface area contributed by atoms with Crippen LogP contribution in [0.1, 0.15) is 25.8 Å². The van der Waals surface area contributed by atoms with Crippen molar-refractivity contribution in [2.75, 3.05) is 33.2 Å². The average molecular weight is 354 g/mol. The molecule has 0 bridgehead atoms. The van der Waals surface area contributed by atoms with Crippen LogP contribution in [0.5, 0.6) is 0 Å². The molecule has 2 N–H and O–H groups in total. The highest BCUT2D eigenvalue weighted by Gasteiger charge is 2.35. The van der Waals surface area contributed by atoms with Gasteiger partial charge in [-0.3, -0.25) is 4.90 Å². The standard InChI is InChI=1S/C17H28BrN3/c1-4-16-12-21(10-9-20(16)3)17(2,13-19)11-14-5-7-15(18)8-6-14/h5-8,16H,4,9-13,19H2,1-3H3. The highest BCUT2D eigenvalue weighted by atomic mass is 79.9. The number of halogens is 1. The Morgan fingerprint density at radius 2 is 1.95 bits per heavy atom. The molecule has 0 amide bonds. The van der Waals surface area contributed by atoms with Crippen LogP contribution in [0.2, 0.25) is 0 Å². The SMILES string of the molecule is CCC1CN(C(C)(CN)Cc2ccc(Br)cc2)CCN1C. The lowest BCUT2D eigenvalue weighted by Crippen LogP contribution is -2.62. The zero-order valence-electron chi connectivity index (χ0n) is 13.5. The fourth-order valence-corrected chi connectivity index (χ4v) is 3.50. The summed E-state index contributed by atoms with van der Waals surface area (Å²) in [5.41, 5.74) is 7.58. The second kappa shape index (κ2) is 7.23. The summed E-state index contributed by atoms with van der Waals surface area (Å²) in [7, 11) is 2.24. The Morgan fingerprint density at radius 1 is 1.29 bits per heavy atom. The molecule has 0 saturated carbocycles. The lowest BCUT2D eigenvalue weighted by Gasteiger charge is -2.48. The summed E-state index contributed by atoms with van der Waals surface area (Å²) in [6.45, 7) is 8.65. The smallest absolute Gasteiger partial charge is 0.0345 e. The summed E-state index contributed by atoms with van der Waals surface area (Å²) in [5, 5.41) is 0. The van der Waals surface area contributed by atoms with Crippen LogP contribution in [0.25, 0.3) is 0 Å². The van der Waals surface area contributed by atoms with Crippen molar-refractivity contribution in [3.63, 3.8) is 0 Å². The third-order valence-electron chi connectivity index (χ3n) is 4.95. The Bertz CT molecular complexity index is 448. The van der Waals surface area contributed by atoms with Gasteiger partial charge >= 0.3 is 0 Å². The van der Waals surface area contributed by atoms with Gasteiger partial charge in [0.2, 0.25) is 0 Å². The Hall–Kier alpha value is -0.420. The van der Waals surface area contributed by atoms with Crippen LogP contribution >= 0.6 is 15.9 Å². The van der Waals surface area contributed by atoms with Crippen LogP contribution in [0.4, 0.5) is 0 Å². The van der Waals surface area contributed by atoms with Crippen LogP contribution in [0.15, 0.2) is 28.7 Å². The molecule has 1 saturated heterocycles.